The highest BCUT2D eigenvalue weighted by molar-refractivity contribution is 5.45. The standard InChI is InChI=1S/C11H15NO/c1-10(2)11(3,12)8-6-4-5-7-9(8)13-10/h4-7H,12H2,1-3H3. The summed E-state index contributed by atoms with van der Waals surface area (Å²) in [5.41, 5.74) is 6.62. The summed E-state index contributed by atoms with van der Waals surface area (Å²) in [5.74, 6) is 0.914. The number of nitrogens with two attached hydrogens (primary N) is 1. The highest BCUT2D eigenvalue weighted by atomic mass is 16.5. The fourth-order valence-electron chi connectivity index (χ4n) is 1.69. The van der Waals surface area contributed by atoms with Crippen LogP contribution in [0, 0.1) is 0 Å². The minimum absolute atomic E-state index is 0.323. The van der Waals surface area contributed by atoms with Crippen molar-refractivity contribution in [3.05, 3.63) is 29.8 Å². The molecule has 1 aromatic rings. The van der Waals surface area contributed by atoms with Gasteiger partial charge in [0.25, 0.3) is 0 Å². The zero-order chi connectivity index (χ0) is 9.69. The van der Waals surface area contributed by atoms with E-state index in [1.807, 2.05) is 45.0 Å². The molecule has 70 valence electrons. The molecule has 2 rings (SSSR count). The molecule has 0 bridgehead atoms. The minimum atomic E-state index is -0.399. The summed E-state index contributed by atoms with van der Waals surface area (Å²) in [6.45, 7) is 6.05. The Morgan fingerprint density at radius 1 is 1.15 bits per heavy atom. The maximum Gasteiger partial charge on any atom is 0.125 e. The SMILES string of the molecule is CC1(C)Oc2ccccc2C1(C)N. The Morgan fingerprint density at radius 2 is 1.77 bits per heavy atom. The van der Waals surface area contributed by atoms with Crippen LogP contribution < -0.4 is 10.5 Å². The fraction of sp³-hybridized carbons (Fsp3) is 0.455. The van der Waals surface area contributed by atoms with Gasteiger partial charge in [-0.25, -0.2) is 0 Å². The zero-order valence-electron chi connectivity index (χ0n) is 8.29. The van der Waals surface area contributed by atoms with Crippen LogP contribution in [0.15, 0.2) is 24.3 Å². The second-order valence-corrected chi connectivity index (χ2v) is 4.31. The van der Waals surface area contributed by atoms with E-state index < -0.39 is 5.54 Å². The first-order valence-corrected chi connectivity index (χ1v) is 4.52. The average molecular weight is 177 g/mol. The molecule has 0 aliphatic carbocycles. The lowest BCUT2D eigenvalue weighted by atomic mass is 9.81. The van der Waals surface area contributed by atoms with Crippen LogP contribution in [0.2, 0.25) is 0 Å². The van der Waals surface area contributed by atoms with Crippen LogP contribution in [0.5, 0.6) is 5.75 Å². The van der Waals surface area contributed by atoms with Crippen molar-refractivity contribution < 1.29 is 4.74 Å². The molecule has 0 aromatic heterocycles. The summed E-state index contributed by atoms with van der Waals surface area (Å²) < 4.78 is 5.78. The molecule has 1 aromatic carbocycles. The van der Waals surface area contributed by atoms with E-state index >= 15 is 0 Å². The van der Waals surface area contributed by atoms with Crippen LogP contribution in [0.4, 0.5) is 0 Å². The van der Waals surface area contributed by atoms with E-state index in [0.29, 0.717) is 0 Å². The molecular weight excluding hydrogens is 162 g/mol. The Labute approximate surface area is 78.7 Å². The number of benzene rings is 1. The summed E-state index contributed by atoms with van der Waals surface area (Å²) >= 11 is 0. The van der Waals surface area contributed by atoms with Gasteiger partial charge < -0.3 is 10.5 Å². The van der Waals surface area contributed by atoms with E-state index in [0.717, 1.165) is 11.3 Å². The third kappa shape index (κ3) is 0.985. The van der Waals surface area contributed by atoms with E-state index in [9.17, 15) is 0 Å². The molecule has 0 amide bonds. The molecule has 2 heteroatoms. The molecule has 2 N–H and O–H groups in total. The van der Waals surface area contributed by atoms with E-state index in [1.54, 1.807) is 0 Å². The fourth-order valence-corrected chi connectivity index (χ4v) is 1.69. The number of hydrogen-bond acceptors (Lipinski definition) is 2. The summed E-state index contributed by atoms with van der Waals surface area (Å²) in [5, 5.41) is 0. The molecule has 2 nitrogen and oxygen atoms in total. The van der Waals surface area contributed by atoms with Crippen molar-refractivity contribution in [1.29, 1.82) is 0 Å². The number of para-hydroxylation sites is 1. The molecular formula is C11H15NO. The van der Waals surface area contributed by atoms with Crippen LogP contribution in [-0.4, -0.2) is 5.60 Å². The number of rotatable bonds is 0. The molecule has 0 spiro atoms. The molecule has 1 heterocycles. The van der Waals surface area contributed by atoms with Crippen LogP contribution in [-0.2, 0) is 5.54 Å². The second-order valence-electron chi connectivity index (χ2n) is 4.31. The molecule has 1 aliphatic rings. The Bertz CT molecular complexity index is 342. The van der Waals surface area contributed by atoms with Gasteiger partial charge in [-0.1, -0.05) is 18.2 Å². The quantitative estimate of drug-likeness (QED) is 0.658. The lowest BCUT2D eigenvalue weighted by Crippen LogP contribution is -2.51. The lowest BCUT2D eigenvalue weighted by Gasteiger charge is -2.33. The average Bonchev–Trinajstić information content (AvgIpc) is 2.20. The Balaban J connectivity index is 2.60. The molecule has 1 atom stereocenters. The van der Waals surface area contributed by atoms with Crippen molar-refractivity contribution in [2.24, 2.45) is 5.73 Å². The smallest absolute Gasteiger partial charge is 0.125 e. The lowest BCUT2D eigenvalue weighted by molar-refractivity contribution is 0.0651. The summed E-state index contributed by atoms with van der Waals surface area (Å²) in [7, 11) is 0. The van der Waals surface area contributed by atoms with Crippen LogP contribution >= 0.6 is 0 Å². The van der Waals surface area contributed by atoms with Gasteiger partial charge in [-0.2, -0.15) is 0 Å². The molecule has 1 aliphatic heterocycles. The number of ether oxygens (including phenoxy) is 1. The van der Waals surface area contributed by atoms with Crippen molar-refractivity contribution in [3.63, 3.8) is 0 Å². The third-order valence-corrected chi connectivity index (χ3v) is 3.06. The first-order valence-electron chi connectivity index (χ1n) is 4.52. The maximum atomic E-state index is 6.24. The Hall–Kier alpha value is -1.02. The summed E-state index contributed by atoms with van der Waals surface area (Å²) in [6.07, 6.45) is 0. The molecule has 0 fully saturated rings. The van der Waals surface area contributed by atoms with Gasteiger partial charge in [-0.15, -0.1) is 0 Å². The predicted molar refractivity (Wildman–Crippen MR) is 52.7 cm³/mol. The van der Waals surface area contributed by atoms with Crippen molar-refractivity contribution >= 4 is 0 Å². The monoisotopic (exact) mass is 177 g/mol. The molecule has 1 unspecified atom stereocenters. The van der Waals surface area contributed by atoms with Gasteiger partial charge >= 0.3 is 0 Å². The Morgan fingerprint density at radius 3 is 2.38 bits per heavy atom. The van der Waals surface area contributed by atoms with Crippen molar-refractivity contribution in [3.8, 4) is 5.75 Å². The summed E-state index contributed by atoms with van der Waals surface area (Å²) in [4.78, 5) is 0. The van der Waals surface area contributed by atoms with Gasteiger partial charge in [0, 0.05) is 5.56 Å². The van der Waals surface area contributed by atoms with Crippen molar-refractivity contribution in [2.45, 2.75) is 31.9 Å². The highest BCUT2D eigenvalue weighted by Crippen LogP contribution is 2.45. The number of fused-ring (bicyclic) bond motifs is 1. The maximum absolute atomic E-state index is 6.24. The second kappa shape index (κ2) is 2.26. The van der Waals surface area contributed by atoms with Crippen LogP contribution in [0.3, 0.4) is 0 Å². The molecule has 13 heavy (non-hydrogen) atoms. The van der Waals surface area contributed by atoms with E-state index in [-0.39, 0.29) is 5.60 Å². The van der Waals surface area contributed by atoms with Crippen molar-refractivity contribution in [1.82, 2.24) is 0 Å². The number of hydrogen-bond donors (Lipinski definition) is 1. The van der Waals surface area contributed by atoms with E-state index in [1.165, 1.54) is 0 Å². The topological polar surface area (TPSA) is 35.2 Å². The van der Waals surface area contributed by atoms with Gasteiger partial charge in [-0.3, -0.25) is 0 Å². The first kappa shape index (κ1) is 8.57. The van der Waals surface area contributed by atoms with Crippen LogP contribution in [0.1, 0.15) is 26.3 Å². The van der Waals surface area contributed by atoms with Gasteiger partial charge in [0.1, 0.15) is 11.4 Å². The zero-order valence-corrected chi connectivity index (χ0v) is 8.29. The molecule has 0 saturated carbocycles. The van der Waals surface area contributed by atoms with Gasteiger partial charge in [0.15, 0.2) is 0 Å². The van der Waals surface area contributed by atoms with Gasteiger partial charge in [0.2, 0.25) is 0 Å². The third-order valence-electron chi connectivity index (χ3n) is 3.06. The largest absolute Gasteiger partial charge is 0.485 e. The van der Waals surface area contributed by atoms with Crippen molar-refractivity contribution in [2.75, 3.05) is 0 Å². The van der Waals surface area contributed by atoms with E-state index in [2.05, 4.69) is 0 Å². The minimum Gasteiger partial charge on any atom is -0.485 e. The van der Waals surface area contributed by atoms with Gasteiger partial charge in [-0.05, 0) is 26.8 Å². The molecule has 0 saturated heterocycles. The highest BCUT2D eigenvalue weighted by Gasteiger charge is 2.48. The first-order chi connectivity index (χ1) is 5.95. The van der Waals surface area contributed by atoms with Gasteiger partial charge in [0.05, 0.1) is 5.54 Å². The Kier molecular flexibility index (Phi) is 1.49. The molecule has 0 radical (unpaired) electrons. The van der Waals surface area contributed by atoms with Crippen LogP contribution in [0.25, 0.3) is 0 Å². The normalized spacial score (nSPS) is 29.5. The predicted octanol–water partition coefficient (Wildman–Crippen LogP) is 2.03. The van der Waals surface area contributed by atoms with E-state index in [4.69, 9.17) is 10.5 Å². The summed E-state index contributed by atoms with van der Waals surface area (Å²) in [6, 6.07) is 7.96.